The molecule has 15 heavy (non-hydrogen) atoms. The van der Waals surface area contributed by atoms with Crippen LogP contribution >= 0.6 is 0 Å². The zero-order valence-corrected chi connectivity index (χ0v) is 8.20. The Labute approximate surface area is 87.2 Å². The molecule has 0 amide bonds. The summed E-state index contributed by atoms with van der Waals surface area (Å²) in [6, 6.07) is 4.75. The van der Waals surface area contributed by atoms with Crippen LogP contribution in [-0.2, 0) is 4.74 Å². The summed E-state index contributed by atoms with van der Waals surface area (Å²) in [5.74, 6) is 0.346. The van der Waals surface area contributed by atoms with Gasteiger partial charge in [0.05, 0.1) is 24.9 Å². The van der Waals surface area contributed by atoms with E-state index in [-0.39, 0.29) is 18.0 Å². The molecule has 1 saturated heterocycles. The van der Waals surface area contributed by atoms with E-state index < -0.39 is 0 Å². The minimum absolute atomic E-state index is 0.105. The number of fused-ring (bicyclic) bond motifs is 2. The fraction of sp³-hybridized carbons (Fsp3) is 0.455. The van der Waals surface area contributed by atoms with Crippen LogP contribution in [0.5, 0.6) is 5.75 Å². The van der Waals surface area contributed by atoms with Crippen molar-refractivity contribution in [1.29, 1.82) is 0 Å². The highest BCUT2D eigenvalue weighted by Crippen LogP contribution is 2.33. The van der Waals surface area contributed by atoms with E-state index in [2.05, 4.69) is 5.32 Å². The molecule has 4 heteroatoms. The fourth-order valence-electron chi connectivity index (χ4n) is 2.07. The molecule has 2 aliphatic heterocycles. The average Bonchev–Trinajstić information content (AvgIpc) is 2.26. The Bertz CT molecular complexity index is 383. The van der Waals surface area contributed by atoms with Crippen molar-refractivity contribution >= 4 is 5.69 Å². The molecule has 0 spiro atoms. The standard InChI is InChI=1S/C11H12FNO2/c12-7-1-2-8-11(5-7)15-10-3-4-14-6-9(10)13-8/h1-2,5,9-10,13H,3-4,6H2. The van der Waals surface area contributed by atoms with Crippen LogP contribution in [0, 0.1) is 5.82 Å². The Kier molecular flexibility index (Phi) is 2.02. The van der Waals surface area contributed by atoms with Gasteiger partial charge in [0, 0.05) is 12.5 Å². The van der Waals surface area contributed by atoms with Crippen molar-refractivity contribution < 1.29 is 13.9 Å². The Morgan fingerprint density at radius 1 is 1.40 bits per heavy atom. The molecule has 0 aromatic heterocycles. The maximum absolute atomic E-state index is 13.0. The number of rotatable bonds is 0. The topological polar surface area (TPSA) is 30.5 Å². The van der Waals surface area contributed by atoms with E-state index in [1.165, 1.54) is 12.1 Å². The van der Waals surface area contributed by atoms with E-state index >= 15 is 0 Å². The molecule has 2 aliphatic rings. The van der Waals surface area contributed by atoms with Crippen LogP contribution in [-0.4, -0.2) is 25.4 Å². The summed E-state index contributed by atoms with van der Waals surface area (Å²) in [6.07, 6.45) is 0.959. The van der Waals surface area contributed by atoms with Crippen molar-refractivity contribution in [3.63, 3.8) is 0 Å². The van der Waals surface area contributed by atoms with Crippen LogP contribution < -0.4 is 10.1 Å². The van der Waals surface area contributed by atoms with Crippen molar-refractivity contribution in [3.05, 3.63) is 24.0 Å². The first-order chi connectivity index (χ1) is 7.33. The summed E-state index contributed by atoms with van der Waals surface area (Å²) in [5.41, 5.74) is 0.850. The SMILES string of the molecule is Fc1ccc2c(c1)OC1CCOCC1N2. The number of hydrogen-bond donors (Lipinski definition) is 1. The molecule has 3 rings (SSSR count). The molecular formula is C11H12FNO2. The lowest BCUT2D eigenvalue weighted by atomic mass is 10.0. The van der Waals surface area contributed by atoms with Crippen LogP contribution in [0.25, 0.3) is 0 Å². The largest absolute Gasteiger partial charge is 0.486 e. The second kappa shape index (κ2) is 3.38. The van der Waals surface area contributed by atoms with E-state index in [9.17, 15) is 4.39 Å². The molecule has 2 unspecified atom stereocenters. The molecule has 2 atom stereocenters. The first-order valence-corrected chi connectivity index (χ1v) is 5.13. The van der Waals surface area contributed by atoms with Gasteiger partial charge in [0.2, 0.25) is 0 Å². The van der Waals surface area contributed by atoms with E-state index in [0.717, 1.165) is 12.1 Å². The van der Waals surface area contributed by atoms with Crippen molar-refractivity contribution in [2.45, 2.75) is 18.6 Å². The molecule has 1 N–H and O–H groups in total. The van der Waals surface area contributed by atoms with Crippen molar-refractivity contribution in [2.24, 2.45) is 0 Å². The quantitative estimate of drug-likeness (QED) is 0.706. The lowest BCUT2D eigenvalue weighted by molar-refractivity contribution is 0.00979. The van der Waals surface area contributed by atoms with Gasteiger partial charge < -0.3 is 14.8 Å². The lowest BCUT2D eigenvalue weighted by Gasteiger charge is -2.37. The maximum atomic E-state index is 13.0. The van der Waals surface area contributed by atoms with Crippen LogP contribution in [0.3, 0.4) is 0 Å². The highest BCUT2D eigenvalue weighted by atomic mass is 19.1. The zero-order valence-electron chi connectivity index (χ0n) is 8.20. The third kappa shape index (κ3) is 1.55. The van der Waals surface area contributed by atoms with E-state index in [0.29, 0.717) is 19.0 Å². The Balaban J connectivity index is 1.92. The molecule has 1 fully saturated rings. The van der Waals surface area contributed by atoms with Gasteiger partial charge in [-0.25, -0.2) is 4.39 Å². The minimum Gasteiger partial charge on any atom is -0.486 e. The number of benzene rings is 1. The van der Waals surface area contributed by atoms with Gasteiger partial charge in [-0.05, 0) is 12.1 Å². The third-order valence-electron chi connectivity index (χ3n) is 2.86. The fourth-order valence-corrected chi connectivity index (χ4v) is 2.07. The number of halogens is 1. The van der Waals surface area contributed by atoms with Gasteiger partial charge in [-0.2, -0.15) is 0 Å². The van der Waals surface area contributed by atoms with Crippen LogP contribution in [0.1, 0.15) is 6.42 Å². The van der Waals surface area contributed by atoms with Crippen molar-refractivity contribution in [1.82, 2.24) is 0 Å². The summed E-state index contributed by atoms with van der Waals surface area (Å²) in [4.78, 5) is 0. The monoisotopic (exact) mass is 209 g/mol. The number of hydrogen-bond acceptors (Lipinski definition) is 3. The average molecular weight is 209 g/mol. The Hall–Kier alpha value is -1.29. The van der Waals surface area contributed by atoms with Crippen LogP contribution in [0.4, 0.5) is 10.1 Å². The molecule has 0 aliphatic carbocycles. The normalized spacial score (nSPS) is 28.3. The second-order valence-corrected chi connectivity index (χ2v) is 3.91. The predicted molar refractivity (Wildman–Crippen MR) is 53.7 cm³/mol. The number of ether oxygens (including phenoxy) is 2. The van der Waals surface area contributed by atoms with Gasteiger partial charge >= 0.3 is 0 Å². The van der Waals surface area contributed by atoms with Gasteiger partial charge in [-0.1, -0.05) is 0 Å². The molecular weight excluding hydrogens is 197 g/mol. The smallest absolute Gasteiger partial charge is 0.145 e. The van der Waals surface area contributed by atoms with Gasteiger partial charge in [0.15, 0.2) is 0 Å². The van der Waals surface area contributed by atoms with Gasteiger partial charge in [-0.3, -0.25) is 0 Å². The molecule has 2 heterocycles. The summed E-state index contributed by atoms with van der Waals surface area (Å²) in [7, 11) is 0. The highest BCUT2D eigenvalue weighted by molar-refractivity contribution is 5.59. The molecule has 0 radical (unpaired) electrons. The molecule has 1 aromatic carbocycles. The molecule has 0 bridgehead atoms. The molecule has 1 aromatic rings. The molecule has 0 saturated carbocycles. The van der Waals surface area contributed by atoms with Gasteiger partial charge in [-0.15, -0.1) is 0 Å². The van der Waals surface area contributed by atoms with Gasteiger partial charge in [0.1, 0.15) is 17.7 Å². The van der Waals surface area contributed by atoms with Crippen LogP contribution in [0.2, 0.25) is 0 Å². The van der Waals surface area contributed by atoms with E-state index in [4.69, 9.17) is 9.47 Å². The van der Waals surface area contributed by atoms with E-state index in [1.807, 2.05) is 0 Å². The predicted octanol–water partition coefficient (Wildman–Crippen LogP) is 1.79. The first kappa shape index (κ1) is 8.97. The maximum Gasteiger partial charge on any atom is 0.145 e. The summed E-state index contributed by atoms with van der Waals surface area (Å²) >= 11 is 0. The molecule has 3 nitrogen and oxygen atoms in total. The first-order valence-electron chi connectivity index (χ1n) is 5.13. The second-order valence-electron chi connectivity index (χ2n) is 3.91. The Morgan fingerprint density at radius 3 is 3.27 bits per heavy atom. The Morgan fingerprint density at radius 2 is 2.33 bits per heavy atom. The minimum atomic E-state index is -0.263. The van der Waals surface area contributed by atoms with E-state index in [1.54, 1.807) is 6.07 Å². The van der Waals surface area contributed by atoms with Crippen molar-refractivity contribution in [3.8, 4) is 5.75 Å². The molecule has 80 valence electrons. The highest BCUT2D eigenvalue weighted by Gasteiger charge is 2.32. The third-order valence-corrected chi connectivity index (χ3v) is 2.86. The van der Waals surface area contributed by atoms with Crippen LogP contribution in [0.15, 0.2) is 18.2 Å². The number of anilines is 1. The summed E-state index contributed by atoms with van der Waals surface area (Å²) in [5, 5.41) is 3.31. The van der Waals surface area contributed by atoms with Gasteiger partial charge in [0.25, 0.3) is 0 Å². The number of nitrogens with one attached hydrogen (secondary N) is 1. The zero-order chi connectivity index (χ0) is 10.3. The summed E-state index contributed by atoms with van der Waals surface area (Å²) in [6.45, 7) is 1.37. The van der Waals surface area contributed by atoms with Crippen molar-refractivity contribution in [2.75, 3.05) is 18.5 Å². The summed E-state index contributed by atoms with van der Waals surface area (Å²) < 4.78 is 24.1. The lowest BCUT2D eigenvalue weighted by Crippen LogP contribution is -2.48.